The average molecular weight is 597 g/mol. The molecule has 0 N–H and O–H groups in total. The molecule has 2 nitrogen and oxygen atoms in total. The molecular weight excluding hydrogens is 532 g/mol. The highest BCUT2D eigenvalue weighted by atomic mass is 14.8. The molecule has 2 heteroatoms. The zero-order valence-electron chi connectivity index (χ0n) is 29.1. The summed E-state index contributed by atoms with van der Waals surface area (Å²) in [5, 5.41) is 0. The summed E-state index contributed by atoms with van der Waals surface area (Å²) in [5.41, 5.74) is 19.0. The number of nitrogens with zero attached hydrogens (tertiary/aromatic N) is 2. The summed E-state index contributed by atoms with van der Waals surface area (Å²) in [6.45, 7) is 9.11. The Labute approximate surface area is 272 Å². The predicted molar refractivity (Wildman–Crippen MR) is 193 cm³/mol. The van der Waals surface area contributed by atoms with Crippen LogP contribution < -0.4 is 0 Å². The Bertz CT molecular complexity index is 1160. The number of allylic oxidation sites excluding steroid dienone is 2. The predicted octanol–water partition coefficient (Wildman–Crippen LogP) is 13.3. The van der Waals surface area contributed by atoms with Crippen LogP contribution in [0.15, 0.2) is 59.7 Å². The molecule has 0 fully saturated rings. The molecule has 2 aromatic rings. The van der Waals surface area contributed by atoms with E-state index in [2.05, 4.69) is 86.9 Å². The summed E-state index contributed by atoms with van der Waals surface area (Å²) in [7, 11) is 0. The third-order valence-electron chi connectivity index (χ3n) is 8.98. The maximum Gasteiger partial charge on any atom is 0.303 e. The molecule has 0 saturated heterocycles. The first kappa shape index (κ1) is 37.5. The van der Waals surface area contributed by atoms with E-state index < -0.39 is 0 Å². The lowest BCUT2D eigenvalue weighted by Gasteiger charge is -2.19. The first-order chi connectivity index (χ1) is 21.7. The fraction of sp³-hybridized carbons (Fsp3) is 0.619. The molecule has 44 heavy (non-hydrogen) atoms. The average Bonchev–Trinajstić information content (AvgIpc) is 3.04. The molecule has 2 aromatic carbocycles. The van der Waals surface area contributed by atoms with Crippen molar-refractivity contribution in [1.29, 1.82) is 0 Å². The summed E-state index contributed by atoms with van der Waals surface area (Å²) < 4.78 is 0. The van der Waals surface area contributed by atoms with E-state index in [0.717, 1.165) is 44.1 Å². The van der Waals surface area contributed by atoms with Crippen LogP contribution in [0.4, 0.5) is 0 Å². The summed E-state index contributed by atoms with van der Waals surface area (Å²) in [5.74, 6) is 3.11. The van der Waals surface area contributed by atoms with Gasteiger partial charge >= 0.3 is 5.87 Å². The maximum absolute atomic E-state index is 9.82. The Balaban J connectivity index is 2.49. The van der Waals surface area contributed by atoms with Gasteiger partial charge in [-0.2, -0.15) is 0 Å². The van der Waals surface area contributed by atoms with Crippen molar-refractivity contribution in [3.63, 3.8) is 0 Å². The zero-order chi connectivity index (χ0) is 31.7. The third-order valence-corrected chi connectivity index (χ3v) is 8.98. The van der Waals surface area contributed by atoms with Gasteiger partial charge in [-0.05, 0) is 84.8 Å². The van der Waals surface area contributed by atoms with Gasteiger partial charge in [-0.3, -0.25) is 0 Å². The van der Waals surface area contributed by atoms with Crippen molar-refractivity contribution in [2.24, 2.45) is 0 Å². The fourth-order valence-corrected chi connectivity index (χ4v) is 6.34. The molecule has 0 aromatic heterocycles. The first-order valence-corrected chi connectivity index (χ1v) is 18.6. The Morgan fingerprint density at radius 1 is 0.545 bits per heavy atom. The van der Waals surface area contributed by atoms with E-state index in [1.807, 2.05) is 0 Å². The number of hydrogen-bond acceptors (Lipinski definition) is 0. The SMILES string of the molecule is CCCCCCCCCCCC(=C=[N+]=[N-])C(CCCCC)=C(c1cccc(CCCC)c1)c1cccc(CCCCCC)c1. The van der Waals surface area contributed by atoms with Crippen molar-refractivity contribution in [1.82, 2.24) is 0 Å². The largest absolute Gasteiger partial charge is 0.348 e. The Hall–Kier alpha value is -2.66. The molecule has 0 amide bonds. The van der Waals surface area contributed by atoms with E-state index >= 15 is 0 Å². The molecule has 0 aliphatic carbocycles. The lowest BCUT2D eigenvalue weighted by atomic mass is 9.84. The molecule has 0 unspecified atom stereocenters. The van der Waals surface area contributed by atoms with Crippen molar-refractivity contribution in [3.05, 3.63) is 87.5 Å². The van der Waals surface area contributed by atoms with Crippen LogP contribution in [0.25, 0.3) is 11.1 Å². The van der Waals surface area contributed by atoms with Crippen molar-refractivity contribution >= 4 is 11.4 Å². The highest BCUT2D eigenvalue weighted by Crippen LogP contribution is 2.36. The molecule has 0 aliphatic heterocycles. The Morgan fingerprint density at radius 3 is 1.55 bits per heavy atom. The number of unbranched alkanes of at least 4 members (excludes halogenated alkanes) is 14. The first-order valence-electron chi connectivity index (χ1n) is 18.6. The molecule has 0 atom stereocenters. The van der Waals surface area contributed by atoms with E-state index in [4.69, 9.17) is 0 Å². The van der Waals surface area contributed by atoms with Crippen LogP contribution in [0.5, 0.6) is 0 Å². The van der Waals surface area contributed by atoms with E-state index in [1.165, 1.54) is 136 Å². The standard InChI is InChI=1S/C42H64N2/c1-5-9-13-15-16-17-18-19-22-29-40(35-44-43)41(32-20-11-7-3)42(38-30-23-27-36(33-38)25-12-8-4)39-31-24-28-37(34-39)26-21-14-10-6-2/h23-24,27-28,30-31,33-34H,5-22,25-26,29,32H2,1-4H3. The minimum absolute atomic E-state index is 0.914. The number of hydrogen-bond donors (Lipinski definition) is 0. The normalized spacial score (nSPS) is 11.6. The van der Waals surface area contributed by atoms with Gasteiger partial charge in [0, 0.05) is 0 Å². The van der Waals surface area contributed by atoms with Crippen LogP contribution in [0.2, 0.25) is 0 Å². The number of benzene rings is 2. The Kier molecular flexibility index (Phi) is 21.0. The van der Waals surface area contributed by atoms with Gasteiger partial charge in [0.25, 0.3) is 0 Å². The van der Waals surface area contributed by atoms with Crippen LogP contribution >= 0.6 is 0 Å². The molecular formula is C42H64N2. The van der Waals surface area contributed by atoms with Crippen LogP contribution in [-0.2, 0) is 12.8 Å². The van der Waals surface area contributed by atoms with Crippen LogP contribution in [0.1, 0.15) is 178 Å². The maximum atomic E-state index is 9.82. The molecule has 0 aliphatic rings. The van der Waals surface area contributed by atoms with Crippen LogP contribution in [0, 0.1) is 0 Å². The van der Waals surface area contributed by atoms with Crippen molar-refractivity contribution in [2.45, 2.75) is 169 Å². The van der Waals surface area contributed by atoms with Gasteiger partial charge in [0.05, 0.1) is 5.57 Å². The molecule has 0 spiro atoms. The fourth-order valence-electron chi connectivity index (χ4n) is 6.34. The minimum Gasteiger partial charge on any atom is -0.348 e. The molecule has 0 radical (unpaired) electrons. The van der Waals surface area contributed by atoms with Gasteiger partial charge in [-0.25, -0.2) is 0 Å². The highest BCUT2D eigenvalue weighted by Gasteiger charge is 2.19. The molecule has 0 bridgehead atoms. The third kappa shape index (κ3) is 14.9. The van der Waals surface area contributed by atoms with Gasteiger partial charge < -0.3 is 5.53 Å². The van der Waals surface area contributed by atoms with Gasteiger partial charge in [-0.1, -0.05) is 166 Å². The second-order valence-electron chi connectivity index (χ2n) is 12.9. The minimum atomic E-state index is 0.914. The van der Waals surface area contributed by atoms with Gasteiger partial charge in [0.2, 0.25) is 0 Å². The summed E-state index contributed by atoms with van der Waals surface area (Å²) in [6, 6.07) is 18.5. The van der Waals surface area contributed by atoms with Gasteiger partial charge in [-0.15, -0.1) is 4.79 Å². The van der Waals surface area contributed by atoms with Gasteiger partial charge in [0.15, 0.2) is 0 Å². The van der Waals surface area contributed by atoms with Crippen LogP contribution in [-0.4, -0.2) is 10.7 Å². The molecule has 242 valence electrons. The Morgan fingerprint density at radius 2 is 1.00 bits per heavy atom. The van der Waals surface area contributed by atoms with E-state index in [-0.39, 0.29) is 0 Å². The number of aryl methyl sites for hydroxylation is 2. The molecule has 0 saturated carbocycles. The smallest absolute Gasteiger partial charge is 0.303 e. The van der Waals surface area contributed by atoms with E-state index in [1.54, 1.807) is 0 Å². The highest BCUT2D eigenvalue weighted by molar-refractivity contribution is 5.87. The summed E-state index contributed by atoms with van der Waals surface area (Å²) in [6.07, 6.45) is 26.9. The second kappa shape index (κ2) is 24.6. The van der Waals surface area contributed by atoms with E-state index in [9.17, 15) is 5.53 Å². The van der Waals surface area contributed by atoms with Crippen LogP contribution in [0.3, 0.4) is 0 Å². The zero-order valence-corrected chi connectivity index (χ0v) is 29.1. The van der Waals surface area contributed by atoms with Crippen molar-refractivity contribution < 1.29 is 4.79 Å². The summed E-state index contributed by atoms with van der Waals surface area (Å²) in [4.78, 5) is 3.52. The summed E-state index contributed by atoms with van der Waals surface area (Å²) >= 11 is 0. The number of rotatable bonds is 25. The quantitative estimate of drug-likeness (QED) is 0.0359. The van der Waals surface area contributed by atoms with E-state index in [0.29, 0.717) is 0 Å². The lowest BCUT2D eigenvalue weighted by Crippen LogP contribution is -2.02. The van der Waals surface area contributed by atoms with Crippen molar-refractivity contribution in [2.75, 3.05) is 0 Å². The topological polar surface area (TPSA) is 36.4 Å². The molecule has 0 heterocycles. The van der Waals surface area contributed by atoms with Crippen molar-refractivity contribution in [3.8, 4) is 0 Å². The lowest BCUT2D eigenvalue weighted by molar-refractivity contribution is 0.00739. The molecule has 2 rings (SSSR count). The second-order valence-corrected chi connectivity index (χ2v) is 12.9. The monoisotopic (exact) mass is 597 g/mol. The van der Waals surface area contributed by atoms with Gasteiger partial charge in [0.1, 0.15) is 0 Å².